The van der Waals surface area contributed by atoms with Gasteiger partial charge in [-0.2, -0.15) is 11.8 Å². The van der Waals surface area contributed by atoms with E-state index in [-0.39, 0.29) is 5.09 Å². The first-order valence-electron chi connectivity index (χ1n) is 6.20. The maximum absolute atomic E-state index is 11.8. The second kappa shape index (κ2) is 7.33. The average Bonchev–Trinajstić information content (AvgIpc) is 2.83. The number of hydrogen-bond acceptors (Lipinski definition) is 5. The van der Waals surface area contributed by atoms with Crippen LogP contribution in [0.4, 0.5) is 0 Å². The van der Waals surface area contributed by atoms with Crippen LogP contribution in [0.2, 0.25) is 0 Å². The zero-order chi connectivity index (χ0) is 14.5. The van der Waals surface area contributed by atoms with Crippen molar-refractivity contribution in [3.63, 3.8) is 0 Å². The fraction of sp³-hybridized carbons (Fsp3) is 0.667. The molecule has 110 valence electrons. The van der Waals surface area contributed by atoms with E-state index in [0.717, 1.165) is 15.8 Å². The molecule has 1 unspecified atom stereocenters. The molecule has 0 aliphatic rings. The third-order valence-electron chi connectivity index (χ3n) is 2.57. The molecular formula is C12H22N2O3S2. The summed E-state index contributed by atoms with van der Waals surface area (Å²) in [6, 6.07) is 3.56. The van der Waals surface area contributed by atoms with Crippen molar-refractivity contribution in [1.82, 2.24) is 9.62 Å². The topological polar surface area (TPSA) is 62.6 Å². The number of furan rings is 1. The van der Waals surface area contributed by atoms with Gasteiger partial charge in [-0.3, -0.25) is 0 Å². The Morgan fingerprint density at radius 2 is 2.11 bits per heavy atom. The molecule has 1 atom stereocenters. The molecule has 0 bridgehead atoms. The lowest BCUT2D eigenvalue weighted by atomic mass is 10.3. The highest BCUT2D eigenvalue weighted by molar-refractivity contribution is 7.99. The van der Waals surface area contributed by atoms with Crippen molar-refractivity contribution >= 4 is 21.8 Å². The van der Waals surface area contributed by atoms with Crippen LogP contribution in [0.15, 0.2) is 21.6 Å². The molecule has 1 aromatic rings. The fourth-order valence-corrected chi connectivity index (χ4v) is 2.92. The SMILES string of the molecule is CCSCC(C)NCc1ccc(S(=O)(=O)N(C)C)o1. The van der Waals surface area contributed by atoms with E-state index in [4.69, 9.17) is 4.42 Å². The van der Waals surface area contributed by atoms with Crippen LogP contribution in [0.1, 0.15) is 19.6 Å². The van der Waals surface area contributed by atoms with Crippen molar-refractivity contribution in [3.8, 4) is 0 Å². The van der Waals surface area contributed by atoms with E-state index >= 15 is 0 Å². The third kappa shape index (κ3) is 4.83. The quantitative estimate of drug-likeness (QED) is 0.793. The van der Waals surface area contributed by atoms with Crippen LogP contribution in [-0.4, -0.2) is 44.4 Å². The summed E-state index contributed by atoms with van der Waals surface area (Å²) in [6.07, 6.45) is 0. The molecule has 1 aromatic heterocycles. The second-order valence-electron chi connectivity index (χ2n) is 4.45. The summed E-state index contributed by atoms with van der Waals surface area (Å²) >= 11 is 1.87. The van der Waals surface area contributed by atoms with Crippen LogP contribution >= 0.6 is 11.8 Å². The minimum Gasteiger partial charge on any atom is -0.447 e. The van der Waals surface area contributed by atoms with Gasteiger partial charge >= 0.3 is 0 Å². The van der Waals surface area contributed by atoms with Crippen molar-refractivity contribution in [2.45, 2.75) is 31.5 Å². The highest BCUT2D eigenvalue weighted by atomic mass is 32.2. The summed E-state index contributed by atoms with van der Waals surface area (Å²) in [5.41, 5.74) is 0. The van der Waals surface area contributed by atoms with Crippen molar-refractivity contribution in [2.75, 3.05) is 25.6 Å². The van der Waals surface area contributed by atoms with E-state index in [1.54, 1.807) is 6.07 Å². The number of nitrogens with one attached hydrogen (secondary N) is 1. The van der Waals surface area contributed by atoms with Gasteiger partial charge in [-0.15, -0.1) is 0 Å². The van der Waals surface area contributed by atoms with Crippen LogP contribution in [0, 0.1) is 0 Å². The highest BCUT2D eigenvalue weighted by Gasteiger charge is 2.21. The van der Waals surface area contributed by atoms with Gasteiger partial charge in [0.1, 0.15) is 5.76 Å². The monoisotopic (exact) mass is 306 g/mol. The Hall–Kier alpha value is -0.500. The van der Waals surface area contributed by atoms with E-state index < -0.39 is 10.0 Å². The molecule has 0 aliphatic heterocycles. The summed E-state index contributed by atoms with van der Waals surface area (Å²) in [5.74, 6) is 2.76. The largest absolute Gasteiger partial charge is 0.447 e. The molecule has 0 fully saturated rings. The van der Waals surface area contributed by atoms with E-state index in [2.05, 4.69) is 19.2 Å². The van der Waals surface area contributed by atoms with Gasteiger partial charge in [0.25, 0.3) is 10.0 Å². The molecule has 0 saturated heterocycles. The minimum atomic E-state index is -3.47. The van der Waals surface area contributed by atoms with Crippen LogP contribution in [0.5, 0.6) is 0 Å². The molecule has 0 aliphatic carbocycles. The Balaban J connectivity index is 2.57. The molecule has 5 nitrogen and oxygen atoms in total. The lowest BCUT2D eigenvalue weighted by molar-refractivity contribution is 0.384. The molecule has 0 saturated carbocycles. The Kier molecular flexibility index (Phi) is 6.38. The zero-order valence-corrected chi connectivity index (χ0v) is 13.5. The van der Waals surface area contributed by atoms with Crippen molar-refractivity contribution < 1.29 is 12.8 Å². The standard InChI is InChI=1S/C12H22N2O3S2/c1-5-18-9-10(2)13-8-11-6-7-12(17-11)19(15,16)14(3)4/h6-7,10,13H,5,8-9H2,1-4H3. The maximum atomic E-state index is 11.8. The predicted octanol–water partition coefficient (Wildman–Crippen LogP) is 1.76. The fourth-order valence-electron chi connectivity index (χ4n) is 1.40. The van der Waals surface area contributed by atoms with Crippen LogP contribution in [0.25, 0.3) is 0 Å². The van der Waals surface area contributed by atoms with E-state index in [0.29, 0.717) is 18.3 Å². The summed E-state index contributed by atoms with van der Waals surface area (Å²) in [6.45, 7) is 4.76. The first-order valence-corrected chi connectivity index (χ1v) is 8.79. The van der Waals surface area contributed by atoms with Gasteiger partial charge in [0.2, 0.25) is 5.09 Å². The Morgan fingerprint density at radius 3 is 2.68 bits per heavy atom. The van der Waals surface area contributed by atoms with Crippen molar-refractivity contribution in [2.24, 2.45) is 0 Å². The van der Waals surface area contributed by atoms with Gasteiger partial charge in [0.15, 0.2) is 0 Å². The van der Waals surface area contributed by atoms with Crippen LogP contribution < -0.4 is 5.32 Å². The van der Waals surface area contributed by atoms with Gasteiger partial charge < -0.3 is 9.73 Å². The number of thioether (sulfide) groups is 1. The van der Waals surface area contributed by atoms with E-state index in [9.17, 15) is 8.42 Å². The smallest absolute Gasteiger partial charge is 0.275 e. The summed E-state index contributed by atoms with van der Waals surface area (Å²) in [7, 11) is -0.502. The first-order chi connectivity index (χ1) is 8.87. The van der Waals surface area contributed by atoms with Gasteiger partial charge in [-0.25, -0.2) is 12.7 Å². The summed E-state index contributed by atoms with van der Waals surface area (Å²) in [4.78, 5) is 0. The molecular weight excluding hydrogens is 284 g/mol. The number of nitrogens with zero attached hydrogens (tertiary/aromatic N) is 1. The van der Waals surface area contributed by atoms with Gasteiger partial charge in [0.05, 0.1) is 6.54 Å². The molecule has 19 heavy (non-hydrogen) atoms. The molecule has 1 heterocycles. The highest BCUT2D eigenvalue weighted by Crippen LogP contribution is 2.16. The summed E-state index contributed by atoms with van der Waals surface area (Å²) in [5, 5.41) is 3.30. The van der Waals surface area contributed by atoms with Crippen molar-refractivity contribution in [1.29, 1.82) is 0 Å². The minimum absolute atomic E-state index is 0.00936. The molecule has 1 rings (SSSR count). The molecule has 0 spiro atoms. The lowest BCUT2D eigenvalue weighted by Gasteiger charge is -2.11. The average molecular weight is 306 g/mol. The molecule has 1 N–H and O–H groups in total. The van der Waals surface area contributed by atoms with Crippen molar-refractivity contribution in [3.05, 3.63) is 17.9 Å². The molecule has 7 heteroatoms. The van der Waals surface area contributed by atoms with Crippen LogP contribution in [0.3, 0.4) is 0 Å². The van der Waals surface area contributed by atoms with Gasteiger partial charge in [0, 0.05) is 25.9 Å². The number of hydrogen-bond donors (Lipinski definition) is 1. The number of sulfonamides is 1. The molecule has 0 amide bonds. The van der Waals surface area contributed by atoms with E-state index in [1.165, 1.54) is 20.2 Å². The predicted molar refractivity (Wildman–Crippen MR) is 78.9 cm³/mol. The normalized spacial score (nSPS) is 13.9. The Morgan fingerprint density at radius 1 is 1.42 bits per heavy atom. The summed E-state index contributed by atoms with van der Waals surface area (Å²) < 4.78 is 30.2. The zero-order valence-electron chi connectivity index (χ0n) is 11.8. The second-order valence-corrected chi connectivity index (χ2v) is 7.85. The van der Waals surface area contributed by atoms with Gasteiger partial charge in [-0.1, -0.05) is 6.92 Å². The van der Waals surface area contributed by atoms with Crippen LogP contribution in [-0.2, 0) is 16.6 Å². The van der Waals surface area contributed by atoms with Gasteiger partial charge in [-0.05, 0) is 24.8 Å². The first kappa shape index (κ1) is 16.6. The molecule has 0 aromatic carbocycles. The lowest BCUT2D eigenvalue weighted by Crippen LogP contribution is -2.27. The van der Waals surface area contributed by atoms with E-state index in [1.807, 2.05) is 11.8 Å². The Bertz CT molecular complexity index is 483. The maximum Gasteiger partial charge on any atom is 0.275 e. The molecule has 0 radical (unpaired) electrons. The third-order valence-corrected chi connectivity index (χ3v) is 5.40. The Labute approximate surface area is 119 Å². The number of rotatable bonds is 8.